The van der Waals surface area contributed by atoms with Crippen molar-refractivity contribution >= 4 is 38.9 Å². The van der Waals surface area contributed by atoms with E-state index in [0.717, 1.165) is 12.1 Å². The predicted molar refractivity (Wildman–Crippen MR) is 113 cm³/mol. The number of sulfonamides is 1. The Balaban J connectivity index is 1.84. The van der Waals surface area contributed by atoms with Crippen molar-refractivity contribution in [1.29, 1.82) is 0 Å². The quantitative estimate of drug-likeness (QED) is 0.503. The first-order valence-electron chi connectivity index (χ1n) is 8.84. The Kier molecular flexibility index (Phi) is 6.28. The minimum atomic E-state index is -4.65. The third-order valence-electron chi connectivity index (χ3n) is 4.33. The van der Waals surface area contributed by atoms with Crippen LogP contribution in [-0.2, 0) is 16.2 Å². The summed E-state index contributed by atoms with van der Waals surface area (Å²) in [5.41, 5.74) is -0.160. The molecule has 0 aliphatic heterocycles. The lowest BCUT2D eigenvalue weighted by molar-refractivity contribution is -0.137. The van der Waals surface area contributed by atoms with Gasteiger partial charge in [-0.15, -0.1) is 0 Å². The van der Waals surface area contributed by atoms with Crippen LogP contribution in [0.3, 0.4) is 0 Å². The maximum absolute atomic E-state index is 12.9. The minimum Gasteiger partial charge on any atom is -0.322 e. The van der Waals surface area contributed by atoms with Crippen molar-refractivity contribution in [2.45, 2.75) is 18.0 Å². The molecule has 0 aliphatic carbocycles. The molecule has 0 saturated heterocycles. The summed E-state index contributed by atoms with van der Waals surface area (Å²) in [5.74, 6) is -0.367. The van der Waals surface area contributed by atoms with Gasteiger partial charge in [-0.3, -0.25) is 9.52 Å². The van der Waals surface area contributed by atoms with Crippen LogP contribution in [0.1, 0.15) is 21.5 Å². The van der Waals surface area contributed by atoms with Gasteiger partial charge in [-0.2, -0.15) is 13.2 Å². The number of anilines is 2. The lowest BCUT2D eigenvalue weighted by Gasteiger charge is -2.14. The van der Waals surface area contributed by atoms with Crippen LogP contribution < -0.4 is 10.0 Å². The van der Waals surface area contributed by atoms with E-state index < -0.39 is 27.5 Å². The number of hydrogen-bond donors (Lipinski definition) is 2. The molecule has 0 bridgehead atoms. The fraction of sp³-hybridized carbons (Fsp3) is 0.0952. The van der Waals surface area contributed by atoms with E-state index in [-0.39, 0.29) is 15.8 Å². The molecule has 0 heterocycles. The topological polar surface area (TPSA) is 75.3 Å². The zero-order chi connectivity index (χ0) is 22.8. The van der Waals surface area contributed by atoms with Crippen molar-refractivity contribution in [3.05, 3.63) is 88.4 Å². The number of halogens is 4. The largest absolute Gasteiger partial charge is 0.416 e. The highest BCUT2D eigenvalue weighted by Gasteiger charge is 2.31. The number of nitrogens with one attached hydrogen (secondary N) is 2. The van der Waals surface area contributed by atoms with Gasteiger partial charge in [-0.1, -0.05) is 29.8 Å². The lowest BCUT2D eigenvalue weighted by atomic mass is 10.1. The highest BCUT2D eigenvalue weighted by atomic mass is 35.5. The summed E-state index contributed by atoms with van der Waals surface area (Å²) in [6.07, 6.45) is -4.65. The molecule has 3 aromatic rings. The molecule has 0 radical (unpaired) electrons. The Bertz CT molecular complexity index is 1230. The van der Waals surface area contributed by atoms with E-state index in [1.54, 1.807) is 37.3 Å². The van der Waals surface area contributed by atoms with Crippen LogP contribution in [0.25, 0.3) is 0 Å². The summed E-state index contributed by atoms with van der Waals surface area (Å²) in [4.78, 5) is 12.1. The van der Waals surface area contributed by atoms with Crippen LogP contribution in [0, 0.1) is 6.92 Å². The fourth-order valence-electron chi connectivity index (χ4n) is 2.71. The van der Waals surface area contributed by atoms with Gasteiger partial charge in [0, 0.05) is 11.3 Å². The molecule has 0 aliphatic rings. The molecule has 5 nitrogen and oxygen atoms in total. The molecule has 0 saturated carbocycles. The van der Waals surface area contributed by atoms with Gasteiger partial charge < -0.3 is 5.32 Å². The number of carbonyl (C=O) groups is 1. The molecule has 0 fully saturated rings. The van der Waals surface area contributed by atoms with Gasteiger partial charge in [0.15, 0.2) is 0 Å². The summed E-state index contributed by atoms with van der Waals surface area (Å²) < 4.78 is 66.2. The zero-order valence-corrected chi connectivity index (χ0v) is 17.6. The number of hydrogen-bond acceptors (Lipinski definition) is 3. The van der Waals surface area contributed by atoms with Crippen molar-refractivity contribution < 1.29 is 26.4 Å². The maximum Gasteiger partial charge on any atom is 0.416 e. The van der Waals surface area contributed by atoms with Gasteiger partial charge in [-0.25, -0.2) is 8.42 Å². The summed E-state index contributed by atoms with van der Waals surface area (Å²) in [6.45, 7) is 1.59. The highest BCUT2D eigenvalue weighted by Crippen LogP contribution is 2.34. The SMILES string of the molecule is Cc1cc(S(=O)(=O)Nc2cc(C(F)(F)F)ccc2Cl)ccc1NC(=O)c1ccccc1. The summed E-state index contributed by atoms with van der Waals surface area (Å²) >= 11 is 5.87. The number of alkyl halides is 3. The van der Waals surface area contributed by atoms with E-state index in [4.69, 9.17) is 11.6 Å². The lowest BCUT2D eigenvalue weighted by Crippen LogP contribution is -2.16. The molecule has 0 atom stereocenters. The number of rotatable bonds is 5. The maximum atomic E-state index is 12.9. The number of amides is 1. The van der Waals surface area contributed by atoms with Crippen molar-refractivity contribution in [3.8, 4) is 0 Å². The van der Waals surface area contributed by atoms with Gasteiger partial charge in [0.25, 0.3) is 15.9 Å². The molecular formula is C21H16ClF3N2O3S. The Labute approximate surface area is 181 Å². The van der Waals surface area contributed by atoms with E-state index in [0.29, 0.717) is 22.9 Å². The molecule has 0 aromatic heterocycles. The van der Waals surface area contributed by atoms with Gasteiger partial charge in [0.1, 0.15) is 0 Å². The van der Waals surface area contributed by atoms with Crippen LogP contribution in [0.5, 0.6) is 0 Å². The minimum absolute atomic E-state index is 0.181. The molecule has 10 heteroatoms. The second kappa shape index (κ2) is 8.60. The summed E-state index contributed by atoms with van der Waals surface area (Å²) in [5, 5.41) is 2.51. The molecule has 31 heavy (non-hydrogen) atoms. The Morgan fingerprint density at radius 2 is 1.61 bits per heavy atom. The van der Waals surface area contributed by atoms with Crippen LogP contribution in [-0.4, -0.2) is 14.3 Å². The van der Waals surface area contributed by atoms with Crippen molar-refractivity contribution in [2.24, 2.45) is 0 Å². The Morgan fingerprint density at radius 3 is 2.23 bits per heavy atom. The first kappa shape index (κ1) is 22.6. The number of aryl methyl sites for hydroxylation is 1. The molecule has 0 spiro atoms. The molecule has 2 N–H and O–H groups in total. The molecular weight excluding hydrogens is 453 g/mol. The first-order valence-corrected chi connectivity index (χ1v) is 10.7. The van der Waals surface area contributed by atoms with E-state index in [1.807, 2.05) is 0 Å². The predicted octanol–water partition coefficient (Wildman–Crippen LogP) is 5.72. The number of benzene rings is 3. The Morgan fingerprint density at radius 1 is 0.935 bits per heavy atom. The van der Waals surface area contributed by atoms with Crippen molar-refractivity contribution in [3.63, 3.8) is 0 Å². The Hall–Kier alpha value is -3.04. The van der Waals surface area contributed by atoms with Crippen LogP contribution in [0.2, 0.25) is 5.02 Å². The second-order valence-corrected chi connectivity index (χ2v) is 8.68. The summed E-state index contributed by atoms with van der Waals surface area (Å²) in [7, 11) is -4.23. The molecule has 1 amide bonds. The van der Waals surface area contributed by atoms with E-state index in [9.17, 15) is 26.4 Å². The van der Waals surface area contributed by atoms with Crippen LogP contribution in [0.15, 0.2) is 71.6 Å². The van der Waals surface area contributed by atoms with Gasteiger partial charge in [0.2, 0.25) is 0 Å². The average molecular weight is 469 g/mol. The first-order chi connectivity index (χ1) is 14.5. The molecule has 3 rings (SSSR count). The smallest absolute Gasteiger partial charge is 0.322 e. The average Bonchev–Trinajstić information content (AvgIpc) is 2.70. The summed E-state index contributed by atoms with van der Waals surface area (Å²) in [6, 6.07) is 14.7. The highest BCUT2D eigenvalue weighted by molar-refractivity contribution is 7.92. The normalized spacial score (nSPS) is 11.8. The second-order valence-electron chi connectivity index (χ2n) is 6.59. The standard InChI is InChI=1S/C21H16ClF3N2O3S/c1-13-11-16(8-10-18(13)26-20(28)14-5-3-2-4-6-14)31(29,30)27-19-12-15(21(23,24)25)7-9-17(19)22/h2-12,27H,1H3,(H,26,28). The molecule has 3 aromatic carbocycles. The monoisotopic (exact) mass is 468 g/mol. The zero-order valence-electron chi connectivity index (χ0n) is 16.0. The van der Waals surface area contributed by atoms with Gasteiger partial charge >= 0.3 is 6.18 Å². The third-order valence-corrected chi connectivity index (χ3v) is 6.02. The van der Waals surface area contributed by atoms with Crippen molar-refractivity contribution in [2.75, 3.05) is 10.0 Å². The van der Waals surface area contributed by atoms with Crippen LogP contribution in [0.4, 0.5) is 24.5 Å². The van der Waals surface area contributed by atoms with E-state index >= 15 is 0 Å². The number of carbonyl (C=O) groups excluding carboxylic acids is 1. The third kappa shape index (κ3) is 5.36. The van der Waals surface area contributed by atoms with Gasteiger partial charge in [0.05, 0.1) is 21.2 Å². The van der Waals surface area contributed by atoms with E-state index in [2.05, 4.69) is 10.0 Å². The van der Waals surface area contributed by atoms with Crippen LogP contribution >= 0.6 is 11.6 Å². The van der Waals surface area contributed by atoms with Gasteiger partial charge in [-0.05, 0) is 61.0 Å². The van der Waals surface area contributed by atoms with Crippen molar-refractivity contribution in [1.82, 2.24) is 0 Å². The fourth-order valence-corrected chi connectivity index (χ4v) is 4.09. The molecule has 162 valence electrons. The van der Waals surface area contributed by atoms with E-state index in [1.165, 1.54) is 18.2 Å². The molecule has 0 unspecified atom stereocenters.